The molecule has 1 aliphatic heterocycles. The van der Waals surface area contributed by atoms with Gasteiger partial charge >= 0.3 is 0 Å². The molecule has 2 heterocycles. The van der Waals surface area contributed by atoms with Crippen molar-refractivity contribution in [2.24, 2.45) is 0 Å². The highest BCUT2D eigenvalue weighted by Gasteiger charge is 2.27. The van der Waals surface area contributed by atoms with Crippen LogP contribution in [-0.2, 0) is 4.74 Å². The zero-order chi connectivity index (χ0) is 15.1. The minimum atomic E-state index is -0.651. The fourth-order valence-electron chi connectivity index (χ4n) is 3.01. The Hall–Kier alpha value is -1.20. The smallest absolute Gasteiger partial charge is 0.153 e. The summed E-state index contributed by atoms with van der Waals surface area (Å²) >= 11 is 6.20. The lowest BCUT2D eigenvalue weighted by Gasteiger charge is -2.30. The van der Waals surface area contributed by atoms with E-state index in [1.54, 1.807) is 6.92 Å². The lowest BCUT2D eigenvalue weighted by atomic mass is 10.0. The lowest BCUT2D eigenvalue weighted by Crippen LogP contribution is -2.26. The van der Waals surface area contributed by atoms with E-state index in [4.69, 9.17) is 16.3 Å². The average molecular weight is 315 g/mol. The lowest BCUT2D eigenvalue weighted by molar-refractivity contribution is 0.00621. The third-order valence-corrected chi connectivity index (χ3v) is 4.11. The van der Waals surface area contributed by atoms with Crippen molar-refractivity contribution < 1.29 is 13.5 Å². The Labute approximate surface area is 126 Å². The number of ether oxygens (including phenoxy) is 1. The van der Waals surface area contributed by atoms with Gasteiger partial charge in [0, 0.05) is 18.7 Å². The maximum absolute atomic E-state index is 14.0. The second-order valence-corrected chi connectivity index (χ2v) is 6.23. The number of hydrogen-bond donors (Lipinski definition) is 0. The molecule has 0 amide bonds. The monoisotopic (exact) mass is 314 g/mol. The second-order valence-electron chi connectivity index (χ2n) is 5.57. The van der Waals surface area contributed by atoms with Gasteiger partial charge in [-0.25, -0.2) is 13.8 Å². The van der Waals surface area contributed by atoms with Crippen molar-refractivity contribution in [2.75, 3.05) is 6.61 Å². The van der Waals surface area contributed by atoms with Crippen molar-refractivity contribution in [2.45, 2.75) is 44.2 Å². The van der Waals surface area contributed by atoms with E-state index in [2.05, 4.69) is 4.98 Å². The van der Waals surface area contributed by atoms with E-state index >= 15 is 0 Å². The molecule has 0 spiro atoms. The summed E-state index contributed by atoms with van der Waals surface area (Å²) < 4.78 is 35.0. The first-order chi connectivity index (χ1) is 9.97. The molecule has 3 atom stereocenters. The third kappa shape index (κ3) is 2.64. The fraction of sp³-hybridized carbons (Fsp3) is 0.533. The molecule has 3 unspecified atom stereocenters. The predicted molar refractivity (Wildman–Crippen MR) is 77.6 cm³/mol. The summed E-state index contributed by atoms with van der Waals surface area (Å²) in [5.41, 5.74) is 0.646. The van der Waals surface area contributed by atoms with Gasteiger partial charge in [-0.3, -0.25) is 0 Å². The van der Waals surface area contributed by atoms with Crippen molar-refractivity contribution in [1.82, 2.24) is 9.55 Å². The first-order valence-electron chi connectivity index (χ1n) is 7.10. The molecule has 1 aromatic carbocycles. The largest absolute Gasteiger partial charge is 0.378 e. The quantitative estimate of drug-likeness (QED) is 0.770. The molecule has 3 rings (SSSR count). The van der Waals surface area contributed by atoms with Gasteiger partial charge in [-0.2, -0.15) is 0 Å². The second kappa shape index (κ2) is 5.54. The molecule has 0 bridgehead atoms. The van der Waals surface area contributed by atoms with Crippen LogP contribution in [0.1, 0.15) is 43.9 Å². The van der Waals surface area contributed by atoms with Gasteiger partial charge in [0.1, 0.15) is 17.2 Å². The van der Waals surface area contributed by atoms with Crippen molar-refractivity contribution in [3.8, 4) is 0 Å². The molecule has 1 aliphatic rings. The summed E-state index contributed by atoms with van der Waals surface area (Å²) in [5, 5.41) is -0.377. The Morgan fingerprint density at radius 1 is 1.43 bits per heavy atom. The van der Waals surface area contributed by atoms with E-state index < -0.39 is 11.6 Å². The molecule has 1 saturated heterocycles. The van der Waals surface area contributed by atoms with Crippen LogP contribution in [0.15, 0.2) is 12.1 Å². The van der Waals surface area contributed by atoms with Crippen LogP contribution in [0, 0.1) is 11.6 Å². The number of halogens is 3. The maximum atomic E-state index is 14.0. The Bertz CT molecular complexity index is 671. The fourth-order valence-corrected chi connectivity index (χ4v) is 3.17. The number of hydrogen-bond acceptors (Lipinski definition) is 2. The topological polar surface area (TPSA) is 27.1 Å². The van der Waals surface area contributed by atoms with Gasteiger partial charge < -0.3 is 9.30 Å². The molecular weight excluding hydrogens is 298 g/mol. The molecule has 2 aromatic rings. The van der Waals surface area contributed by atoms with Crippen molar-refractivity contribution in [1.29, 1.82) is 0 Å². The number of alkyl halides is 1. The van der Waals surface area contributed by atoms with Crippen LogP contribution >= 0.6 is 11.6 Å². The summed E-state index contributed by atoms with van der Waals surface area (Å²) in [4.78, 5) is 4.30. The van der Waals surface area contributed by atoms with E-state index in [1.807, 2.05) is 11.5 Å². The van der Waals surface area contributed by atoms with Crippen LogP contribution < -0.4 is 0 Å². The van der Waals surface area contributed by atoms with E-state index in [0.717, 1.165) is 18.9 Å². The Morgan fingerprint density at radius 2 is 2.19 bits per heavy atom. The summed E-state index contributed by atoms with van der Waals surface area (Å²) in [7, 11) is 0. The molecule has 6 heteroatoms. The SMILES string of the molecule is CC1CC(n2c(C(C)Cl)nc3c(F)cc(F)cc32)CCO1. The van der Waals surface area contributed by atoms with Gasteiger partial charge in [0.15, 0.2) is 5.82 Å². The highest BCUT2D eigenvalue weighted by Crippen LogP contribution is 2.34. The van der Waals surface area contributed by atoms with Gasteiger partial charge in [-0.05, 0) is 32.8 Å². The van der Waals surface area contributed by atoms with Crippen LogP contribution in [-0.4, -0.2) is 22.3 Å². The number of fused-ring (bicyclic) bond motifs is 1. The van der Waals surface area contributed by atoms with Gasteiger partial charge in [0.25, 0.3) is 0 Å². The number of rotatable bonds is 2. The Morgan fingerprint density at radius 3 is 2.86 bits per heavy atom. The van der Waals surface area contributed by atoms with Gasteiger partial charge in [0.05, 0.1) is 17.0 Å². The molecule has 21 heavy (non-hydrogen) atoms. The third-order valence-electron chi connectivity index (χ3n) is 3.92. The van der Waals surface area contributed by atoms with Crippen LogP contribution in [0.4, 0.5) is 8.78 Å². The molecule has 1 aromatic heterocycles. The summed E-state index contributed by atoms with van der Waals surface area (Å²) in [6.07, 6.45) is 1.67. The Balaban J connectivity index is 2.20. The zero-order valence-electron chi connectivity index (χ0n) is 11.9. The summed E-state index contributed by atoms with van der Waals surface area (Å²) in [6, 6.07) is 2.28. The molecule has 0 N–H and O–H groups in total. The van der Waals surface area contributed by atoms with Crippen molar-refractivity contribution in [3.05, 3.63) is 29.6 Å². The van der Waals surface area contributed by atoms with E-state index in [0.29, 0.717) is 17.9 Å². The first-order valence-corrected chi connectivity index (χ1v) is 7.53. The molecule has 0 radical (unpaired) electrons. The van der Waals surface area contributed by atoms with Crippen LogP contribution in [0.2, 0.25) is 0 Å². The molecule has 3 nitrogen and oxygen atoms in total. The maximum Gasteiger partial charge on any atom is 0.153 e. The highest BCUT2D eigenvalue weighted by molar-refractivity contribution is 6.20. The molecule has 1 fully saturated rings. The van der Waals surface area contributed by atoms with Crippen LogP contribution in [0.3, 0.4) is 0 Å². The molecule has 114 valence electrons. The summed E-state index contributed by atoms with van der Waals surface area (Å²) in [5.74, 6) is -0.673. The minimum Gasteiger partial charge on any atom is -0.378 e. The molecule has 0 saturated carbocycles. The number of aromatic nitrogens is 2. The number of nitrogens with zero attached hydrogens (tertiary/aromatic N) is 2. The van der Waals surface area contributed by atoms with Gasteiger partial charge in [-0.15, -0.1) is 11.6 Å². The summed E-state index contributed by atoms with van der Waals surface area (Å²) in [6.45, 7) is 4.41. The normalized spacial score (nSPS) is 24.4. The van der Waals surface area contributed by atoms with Gasteiger partial charge in [0.2, 0.25) is 0 Å². The zero-order valence-corrected chi connectivity index (χ0v) is 12.7. The number of benzene rings is 1. The molecular formula is C15H17ClF2N2O. The molecule has 0 aliphatic carbocycles. The van der Waals surface area contributed by atoms with Crippen LogP contribution in [0.5, 0.6) is 0 Å². The number of imidazole rings is 1. The predicted octanol–water partition coefficient (Wildman–Crippen LogP) is 4.35. The Kier molecular flexibility index (Phi) is 3.88. The van der Waals surface area contributed by atoms with Crippen LogP contribution in [0.25, 0.3) is 11.0 Å². The average Bonchev–Trinajstić information content (AvgIpc) is 2.78. The first kappa shape index (κ1) is 14.7. The standard InChI is InChI=1S/C15H17ClF2N2O/c1-8-5-11(3-4-21-8)20-13-7-10(17)6-12(18)14(13)19-15(20)9(2)16/h6-9,11H,3-5H2,1-2H3. The van der Waals surface area contributed by atoms with E-state index in [-0.39, 0.29) is 23.0 Å². The van der Waals surface area contributed by atoms with Crippen molar-refractivity contribution >= 4 is 22.6 Å². The minimum absolute atomic E-state index is 0.0937. The highest BCUT2D eigenvalue weighted by atomic mass is 35.5. The van der Waals surface area contributed by atoms with E-state index in [1.165, 1.54) is 6.07 Å². The van der Waals surface area contributed by atoms with Gasteiger partial charge in [-0.1, -0.05) is 0 Å². The van der Waals surface area contributed by atoms with Crippen molar-refractivity contribution in [3.63, 3.8) is 0 Å². The van der Waals surface area contributed by atoms with E-state index in [9.17, 15) is 8.78 Å².